The van der Waals surface area contributed by atoms with Gasteiger partial charge in [0.2, 0.25) is 10.0 Å². The molecule has 0 radical (unpaired) electrons. The van der Waals surface area contributed by atoms with E-state index < -0.39 is 10.0 Å². The van der Waals surface area contributed by atoms with E-state index in [1.807, 2.05) is 32.0 Å². The standard InChI is InChI=1S/C17H20N2O3S/c1-12-9-10-15(13(2)11-12)18-17(20)14-7-5-6-8-16(14)19(3)23(4,21)22/h5-11H,1-4H3,(H,18,20). The van der Waals surface area contributed by atoms with Crippen molar-refractivity contribution in [1.29, 1.82) is 0 Å². The maximum absolute atomic E-state index is 12.6. The number of nitrogens with one attached hydrogen (secondary N) is 1. The van der Waals surface area contributed by atoms with E-state index in [1.165, 1.54) is 7.05 Å². The zero-order chi connectivity index (χ0) is 17.2. The van der Waals surface area contributed by atoms with Crippen LogP contribution in [0.2, 0.25) is 0 Å². The first-order valence-corrected chi connectivity index (χ1v) is 8.96. The number of hydrogen-bond acceptors (Lipinski definition) is 3. The number of carbonyl (C=O) groups is 1. The summed E-state index contributed by atoms with van der Waals surface area (Å²) in [6, 6.07) is 12.3. The van der Waals surface area contributed by atoms with Crippen LogP contribution in [-0.4, -0.2) is 27.6 Å². The van der Waals surface area contributed by atoms with Crippen molar-refractivity contribution in [1.82, 2.24) is 0 Å². The third-order valence-electron chi connectivity index (χ3n) is 3.62. The number of anilines is 2. The zero-order valence-corrected chi connectivity index (χ0v) is 14.4. The summed E-state index contributed by atoms with van der Waals surface area (Å²) < 4.78 is 24.6. The summed E-state index contributed by atoms with van der Waals surface area (Å²) in [5.41, 5.74) is 3.42. The Labute approximate surface area is 137 Å². The predicted octanol–water partition coefficient (Wildman–Crippen LogP) is 2.95. The predicted molar refractivity (Wildman–Crippen MR) is 93.6 cm³/mol. The summed E-state index contributed by atoms with van der Waals surface area (Å²) >= 11 is 0. The Hall–Kier alpha value is -2.34. The SMILES string of the molecule is Cc1ccc(NC(=O)c2ccccc2N(C)S(C)(=O)=O)c(C)c1. The molecule has 5 nitrogen and oxygen atoms in total. The Morgan fingerprint density at radius 2 is 1.74 bits per heavy atom. The van der Waals surface area contributed by atoms with E-state index in [0.29, 0.717) is 16.9 Å². The summed E-state index contributed by atoms with van der Waals surface area (Å²) in [6.45, 7) is 3.89. The molecule has 2 rings (SSSR count). The first kappa shape index (κ1) is 17.0. The second-order valence-corrected chi connectivity index (χ2v) is 7.53. The number of rotatable bonds is 4. The summed E-state index contributed by atoms with van der Waals surface area (Å²) in [7, 11) is -2.02. The van der Waals surface area contributed by atoms with Gasteiger partial charge in [-0.1, -0.05) is 29.8 Å². The molecule has 2 aromatic carbocycles. The van der Waals surface area contributed by atoms with E-state index in [-0.39, 0.29) is 5.91 Å². The van der Waals surface area contributed by atoms with Crippen molar-refractivity contribution in [3.63, 3.8) is 0 Å². The number of sulfonamides is 1. The third-order valence-corrected chi connectivity index (χ3v) is 4.81. The lowest BCUT2D eigenvalue weighted by Crippen LogP contribution is -2.27. The molecule has 0 aliphatic rings. The van der Waals surface area contributed by atoms with Crippen molar-refractivity contribution in [3.05, 3.63) is 59.2 Å². The van der Waals surface area contributed by atoms with Crippen molar-refractivity contribution in [2.24, 2.45) is 0 Å². The number of carbonyl (C=O) groups excluding carboxylic acids is 1. The Kier molecular flexibility index (Phi) is 4.75. The molecule has 0 unspecified atom stereocenters. The highest BCUT2D eigenvalue weighted by Gasteiger charge is 2.19. The summed E-state index contributed by atoms with van der Waals surface area (Å²) in [5.74, 6) is -0.344. The molecule has 0 fully saturated rings. The molecule has 0 heterocycles. The van der Waals surface area contributed by atoms with Crippen molar-refractivity contribution in [3.8, 4) is 0 Å². The number of amides is 1. The smallest absolute Gasteiger partial charge is 0.257 e. The van der Waals surface area contributed by atoms with Crippen LogP contribution in [0, 0.1) is 13.8 Å². The van der Waals surface area contributed by atoms with Crippen LogP contribution in [0.4, 0.5) is 11.4 Å². The molecule has 6 heteroatoms. The Morgan fingerprint density at radius 1 is 1.09 bits per heavy atom. The molecule has 23 heavy (non-hydrogen) atoms. The van der Waals surface area contributed by atoms with Crippen molar-refractivity contribution >= 4 is 27.3 Å². The molecular weight excluding hydrogens is 312 g/mol. The van der Waals surface area contributed by atoms with Gasteiger partial charge in [0, 0.05) is 12.7 Å². The molecule has 0 atom stereocenters. The van der Waals surface area contributed by atoms with Gasteiger partial charge in [0.05, 0.1) is 17.5 Å². The van der Waals surface area contributed by atoms with E-state index in [2.05, 4.69) is 5.32 Å². The molecule has 2 aromatic rings. The highest BCUT2D eigenvalue weighted by atomic mass is 32.2. The van der Waals surface area contributed by atoms with Crippen LogP contribution in [0.25, 0.3) is 0 Å². The van der Waals surface area contributed by atoms with Gasteiger partial charge < -0.3 is 5.32 Å². The molecule has 0 saturated heterocycles. The minimum Gasteiger partial charge on any atom is -0.322 e. The largest absolute Gasteiger partial charge is 0.322 e. The maximum Gasteiger partial charge on any atom is 0.257 e. The highest BCUT2D eigenvalue weighted by Crippen LogP contribution is 2.23. The fourth-order valence-corrected chi connectivity index (χ4v) is 2.78. The number of para-hydroxylation sites is 1. The first-order chi connectivity index (χ1) is 10.7. The second kappa shape index (κ2) is 6.42. The van der Waals surface area contributed by atoms with Gasteiger partial charge in [-0.25, -0.2) is 8.42 Å². The van der Waals surface area contributed by atoms with Crippen LogP contribution in [0.15, 0.2) is 42.5 Å². The monoisotopic (exact) mass is 332 g/mol. The normalized spacial score (nSPS) is 11.1. The molecule has 1 amide bonds. The lowest BCUT2D eigenvalue weighted by atomic mass is 10.1. The van der Waals surface area contributed by atoms with Crippen molar-refractivity contribution in [2.45, 2.75) is 13.8 Å². The summed E-state index contributed by atoms with van der Waals surface area (Å²) in [6.07, 6.45) is 1.10. The van der Waals surface area contributed by atoms with Gasteiger partial charge in [-0.05, 0) is 37.6 Å². The maximum atomic E-state index is 12.6. The average Bonchev–Trinajstić information content (AvgIpc) is 2.48. The van der Waals surface area contributed by atoms with Crippen molar-refractivity contribution < 1.29 is 13.2 Å². The van der Waals surface area contributed by atoms with Crippen LogP contribution >= 0.6 is 0 Å². The van der Waals surface area contributed by atoms with Crippen LogP contribution in [0.5, 0.6) is 0 Å². The minimum absolute atomic E-state index is 0.306. The summed E-state index contributed by atoms with van der Waals surface area (Å²) in [4.78, 5) is 12.6. The van der Waals surface area contributed by atoms with Gasteiger partial charge in [-0.15, -0.1) is 0 Å². The molecule has 0 aliphatic carbocycles. The Balaban J connectivity index is 2.37. The van der Waals surface area contributed by atoms with Gasteiger partial charge in [0.25, 0.3) is 5.91 Å². The van der Waals surface area contributed by atoms with E-state index in [4.69, 9.17) is 0 Å². The lowest BCUT2D eigenvalue weighted by molar-refractivity contribution is 0.102. The van der Waals surface area contributed by atoms with E-state index >= 15 is 0 Å². The third kappa shape index (κ3) is 3.90. The first-order valence-electron chi connectivity index (χ1n) is 7.11. The van der Waals surface area contributed by atoms with Gasteiger partial charge >= 0.3 is 0 Å². The average molecular weight is 332 g/mol. The van der Waals surface area contributed by atoms with Crippen LogP contribution in [-0.2, 0) is 10.0 Å². The van der Waals surface area contributed by atoms with Gasteiger partial charge in [0.1, 0.15) is 0 Å². The fourth-order valence-electron chi connectivity index (χ4n) is 2.26. The Morgan fingerprint density at radius 3 is 2.35 bits per heavy atom. The second-order valence-electron chi connectivity index (χ2n) is 5.52. The molecule has 0 spiro atoms. The highest BCUT2D eigenvalue weighted by molar-refractivity contribution is 7.92. The number of nitrogens with zero attached hydrogens (tertiary/aromatic N) is 1. The van der Waals surface area contributed by atoms with Gasteiger partial charge in [-0.2, -0.15) is 0 Å². The quantitative estimate of drug-likeness (QED) is 0.936. The van der Waals surface area contributed by atoms with Crippen LogP contribution in [0.1, 0.15) is 21.5 Å². The molecule has 0 bridgehead atoms. The molecular formula is C17H20N2O3S. The van der Waals surface area contributed by atoms with E-state index in [9.17, 15) is 13.2 Å². The number of hydrogen-bond donors (Lipinski definition) is 1. The van der Waals surface area contributed by atoms with E-state index in [0.717, 1.165) is 21.7 Å². The fraction of sp³-hybridized carbons (Fsp3) is 0.235. The van der Waals surface area contributed by atoms with Crippen molar-refractivity contribution in [2.75, 3.05) is 22.9 Å². The molecule has 122 valence electrons. The van der Waals surface area contributed by atoms with E-state index in [1.54, 1.807) is 24.3 Å². The Bertz CT molecular complexity index is 845. The van der Waals surface area contributed by atoms with Crippen LogP contribution < -0.4 is 9.62 Å². The lowest BCUT2D eigenvalue weighted by Gasteiger charge is -2.20. The molecule has 0 aliphatic heterocycles. The summed E-state index contributed by atoms with van der Waals surface area (Å²) in [5, 5.41) is 2.84. The number of benzene rings is 2. The molecule has 1 N–H and O–H groups in total. The number of aryl methyl sites for hydroxylation is 2. The van der Waals surface area contributed by atoms with Crippen LogP contribution in [0.3, 0.4) is 0 Å². The topological polar surface area (TPSA) is 66.5 Å². The minimum atomic E-state index is -3.45. The van der Waals surface area contributed by atoms with Gasteiger partial charge in [0.15, 0.2) is 0 Å². The van der Waals surface area contributed by atoms with Gasteiger partial charge in [-0.3, -0.25) is 9.10 Å². The molecule has 0 aromatic heterocycles. The zero-order valence-electron chi connectivity index (χ0n) is 13.6. The molecule has 0 saturated carbocycles.